The van der Waals surface area contributed by atoms with Crippen LogP contribution in [0.1, 0.15) is 13.8 Å². The Labute approximate surface area is 107 Å². The number of aliphatic hydroxyl groups is 1. The molecule has 0 saturated carbocycles. The summed E-state index contributed by atoms with van der Waals surface area (Å²) < 4.78 is 16.5. The SMILES string of the molecule is C=C[C@@H]1OC(C)(C)O[C@@H]1[C@@](O)(C=C)COSC. The van der Waals surface area contributed by atoms with Crippen LogP contribution in [0.4, 0.5) is 0 Å². The van der Waals surface area contributed by atoms with Crippen molar-refractivity contribution in [2.24, 2.45) is 0 Å². The summed E-state index contributed by atoms with van der Waals surface area (Å²) in [5.74, 6) is -0.750. The summed E-state index contributed by atoms with van der Waals surface area (Å²) >= 11 is 1.18. The Morgan fingerprint density at radius 3 is 2.59 bits per heavy atom. The maximum absolute atomic E-state index is 10.5. The Morgan fingerprint density at radius 2 is 2.12 bits per heavy atom. The van der Waals surface area contributed by atoms with E-state index in [1.807, 2.05) is 0 Å². The van der Waals surface area contributed by atoms with E-state index in [4.69, 9.17) is 13.7 Å². The zero-order valence-corrected chi connectivity index (χ0v) is 11.3. The van der Waals surface area contributed by atoms with Gasteiger partial charge in [-0.3, -0.25) is 0 Å². The lowest BCUT2D eigenvalue weighted by atomic mass is 9.93. The lowest BCUT2D eigenvalue weighted by Crippen LogP contribution is -2.49. The molecule has 0 amide bonds. The molecular formula is C12H20O4S. The molecule has 0 aromatic heterocycles. The first kappa shape index (κ1) is 14.7. The predicted molar refractivity (Wildman–Crippen MR) is 68.6 cm³/mol. The maximum Gasteiger partial charge on any atom is 0.164 e. The Morgan fingerprint density at radius 1 is 1.47 bits per heavy atom. The highest BCUT2D eigenvalue weighted by molar-refractivity contribution is 7.93. The number of hydrogen-bond acceptors (Lipinski definition) is 5. The van der Waals surface area contributed by atoms with Crippen LogP contribution in [0.25, 0.3) is 0 Å². The van der Waals surface area contributed by atoms with Crippen LogP contribution in [-0.4, -0.2) is 41.6 Å². The standard InChI is InChI=1S/C12H20O4S/c1-6-9-10(16-11(3,4)15-9)12(13,7-2)8-14-17-5/h6-7,9-10,13H,1-2,8H2,3-5H3/t9-,10-,12+/m0/s1. The fourth-order valence-electron chi connectivity index (χ4n) is 1.76. The van der Waals surface area contributed by atoms with Crippen LogP contribution in [0.5, 0.6) is 0 Å². The third-order valence-electron chi connectivity index (χ3n) is 2.62. The molecule has 1 aliphatic heterocycles. The van der Waals surface area contributed by atoms with Crippen molar-refractivity contribution in [3.8, 4) is 0 Å². The molecule has 0 aromatic rings. The summed E-state index contributed by atoms with van der Waals surface area (Å²) in [6.07, 6.45) is 3.87. The van der Waals surface area contributed by atoms with Crippen molar-refractivity contribution in [1.82, 2.24) is 0 Å². The Bertz CT molecular complexity index is 292. The molecule has 4 nitrogen and oxygen atoms in total. The molecule has 98 valence electrons. The van der Waals surface area contributed by atoms with Gasteiger partial charge in [0.2, 0.25) is 0 Å². The molecule has 17 heavy (non-hydrogen) atoms. The van der Waals surface area contributed by atoms with Gasteiger partial charge in [-0.05, 0) is 25.9 Å². The summed E-state index contributed by atoms with van der Waals surface area (Å²) in [5, 5.41) is 10.5. The van der Waals surface area contributed by atoms with Gasteiger partial charge in [0.1, 0.15) is 17.8 Å². The highest BCUT2D eigenvalue weighted by atomic mass is 32.2. The van der Waals surface area contributed by atoms with Crippen LogP contribution in [0.2, 0.25) is 0 Å². The summed E-state index contributed by atoms with van der Waals surface area (Å²) in [6.45, 7) is 11.0. The van der Waals surface area contributed by atoms with E-state index in [1.54, 1.807) is 26.2 Å². The van der Waals surface area contributed by atoms with Gasteiger partial charge in [-0.2, -0.15) is 0 Å². The molecule has 1 heterocycles. The van der Waals surface area contributed by atoms with Gasteiger partial charge >= 0.3 is 0 Å². The normalized spacial score (nSPS) is 30.8. The highest BCUT2D eigenvalue weighted by Gasteiger charge is 2.50. The maximum atomic E-state index is 10.5. The summed E-state index contributed by atoms with van der Waals surface area (Å²) in [4.78, 5) is 0. The molecule has 5 heteroatoms. The zero-order chi connectivity index (χ0) is 13.1. The first-order valence-corrected chi connectivity index (χ1v) is 6.53. The largest absolute Gasteiger partial charge is 0.380 e. The molecule has 0 aliphatic carbocycles. The quantitative estimate of drug-likeness (QED) is 0.584. The molecule has 1 fully saturated rings. The first-order valence-electron chi connectivity index (χ1n) is 5.38. The van der Waals surface area contributed by atoms with Crippen LogP contribution in [0.15, 0.2) is 25.3 Å². The molecule has 0 bridgehead atoms. The number of rotatable bonds is 6. The second kappa shape index (κ2) is 5.54. The van der Waals surface area contributed by atoms with Gasteiger partial charge in [-0.25, -0.2) is 0 Å². The molecule has 0 radical (unpaired) electrons. The molecule has 0 aromatic carbocycles. The van der Waals surface area contributed by atoms with E-state index in [2.05, 4.69) is 13.2 Å². The van der Waals surface area contributed by atoms with Crippen molar-refractivity contribution in [2.45, 2.75) is 37.4 Å². The van der Waals surface area contributed by atoms with Crippen molar-refractivity contribution in [3.05, 3.63) is 25.3 Å². The van der Waals surface area contributed by atoms with Gasteiger partial charge in [0, 0.05) is 6.26 Å². The minimum atomic E-state index is -1.30. The van der Waals surface area contributed by atoms with Gasteiger partial charge in [-0.15, -0.1) is 13.2 Å². The lowest BCUT2D eigenvalue weighted by molar-refractivity contribution is -0.165. The molecule has 1 rings (SSSR count). The summed E-state index contributed by atoms with van der Waals surface area (Å²) in [7, 11) is 0. The fourth-order valence-corrected chi connectivity index (χ4v) is 2.07. The lowest BCUT2D eigenvalue weighted by Gasteiger charge is -2.31. The van der Waals surface area contributed by atoms with Crippen LogP contribution in [0, 0.1) is 0 Å². The minimum Gasteiger partial charge on any atom is -0.380 e. The van der Waals surface area contributed by atoms with Gasteiger partial charge in [0.25, 0.3) is 0 Å². The fraction of sp³-hybridized carbons (Fsp3) is 0.667. The second-order valence-electron chi connectivity index (χ2n) is 4.38. The Kier molecular flexibility index (Phi) is 4.80. The van der Waals surface area contributed by atoms with Gasteiger partial charge < -0.3 is 18.8 Å². The van der Waals surface area contributed by atoms with Crippen molar-refractivity contribution >= 4 is 12.0 Å². The average Bonchev–Trinajstić information content (AvgIpc) is 2.62. The van der Waals surface area contributed by atoms with Crippen LogP contribution in [-0.2, 0) is 13.7 Å². The van der Waals surface area contributed by atoms with Crippen LogP contribution >= 0.6 is 12.0 Å². The minimum absolute atomic E-state index is 0.0894. The van der Waals surface area contributed by atoms with E-state index in [0.717, 1.165) is 0 Å². The third-order valence-corrected chi connectivity index (χ3v) is 2.97. The molecule has 1 aliphatic rings. The first-order chi connectivity index (χ1) is 7.88. The predicted octanol–water partition coefficient (Wildman–Crippen LogP) is 1.90. The van der Waals surface area contributed by atoms with E-state index < -0.39 is 23.6 Å². The smallest absolute Gasteiger partial charge is 0.164 e. The third kappa shape index (κ3) is 3.33. The molecular weight excluding hydrogens is 240 g/mol. The summed E-state index contributed by atoms with van der Waals surface area (Å²) in [5.41, 5.74) is -1.30. The van der Waals surface area contributed by atoms with Crippen LogP contribution in [0.3, 0.4) is 0 Å². The van der Waals surface area contributed by atoms with Crippen molar-refractivity contribution in [3.63, 3.8) is 0 Å². The van der Waals surface area contributed by atoms with Crippen molar-refractivity contribution < 1.29 is 18.8 Å². The van der Waals surface area contributed by atoms with E-state index in [1.165, 1.54) is 18.1 Å². The van der Waals surface area contributed by atoms with Crippen LogP contribution < -0.4 is 0 Å². The molecule has 0 spiro atoms. The van der Waals surface area contributed by atoms with Crippen molar-refractivity contribution in [1.29, 1.82) is 0 Å². The monoisotopic (exact) mass is 260 g/mol. The van der Waals surface area contributed by atoms with Gasteiger partial charge in [-0.1, -0.05) is 12.2 Å². The highest BCUT2D eigenvalue weighted by Crippen LogP contribution is 2.35. The van der Waals surface area contributed by atoms with E-state index in [-0.39, 0.29) is 6.61 Å². The average molecular weight is 260 g/mol. The molecule has 3 atom stereocenters. The number of ether oxygens (including phenoxy) is 2. The Balaban J connectivity index is 2.87. The molecule has 1 N–H and O–H groups in total. The van der Waals surface area contributed by atoms with Gasteiger partial charge in [0.05, 0.1) is 6.61 Å². The second-order valence-corrected chi connectivity index (χ2v) is 4.95. The molecule has 0 unspecified atom stereocenters. The molecule has 1 saturated heterocycles. The van der Waals surface area contributed by atoms with Gasteiger partial charge in [0.15, 0.2) is 5.79 Å². The van der Waals surface area contributed by atoms with E-state index in [9.17, 15) is 5.11 Å². The Hall–Kier alpha value is -0.330. The topological polar surface area (TPSA) is 47.9 Å². The van der Waals surface area contributed by atoms with E-state index in [0.29, 0.717) is 0 Å². The van der Waals surface area contributed by atoms with E-state index >= 15 is 0 Å². The van der Waals surface area contributed by atoms with Crippen molar-refractivity contribution in [2.75, 3.05) is 12.9 Å². The number of hydrogen-bond donors (Lipinski definition) is 1. The zero-order valence-electron chi connectivity index (χ0n) is 10.5. The summed E-state index contributed by atoms with van der Waals surface area (Å²) in [6, 6.07) is 0.